The summed E-state index contributed by atoms with van der Waals surface area (Å²) in [4.78, 5) is 42.6. The summed E-state index contributed by atoms with van der Waals surface area (Å²) in [6.45, 7) is 20.6. The Bertz CT molecular complexity index is 749. The molecule has 1 heterocycles. The second-order valence-corrected chi connectivity index (χ2v) is 12.0. The van der Waals surface area contributed by atoms with Crippen molar-refractivity contribution in [1.29, 1.82) is 0 Å². The molecule has 0 bridgehead atoms. The van der Waals surface area contributed by atoms with Crippen LogP contribution in [0, 0.1) is 16.7 Å². The second kappa shape index (κ2) is 11.0. The van der Waals surface area contributed by atoms with Crippen molar-refractivity contribution in [2.24, 2.45) is 16.7 Å². The molecule has 0 saturated carbocycles. The summed E-state index contributed by atoms with van der Waals surface area (Å²) in [7, 11) is 1.69. The molecule has 190 valence electrons. The van der Waals surface area contributed by atoms with E-state index < -0.39 is 23.5 Å². The first kappa shape index (κ1) is 29.1. The summed E-state index contributed by atoms with van der Waals surface area (Å²) in [6, 6.07) is -1.22. The minimum Gasteiger partial charge on any atom is -0.478 e. The van der Waals surface area contributed by atoms with E-state index in [1.165, 1.54) is 6.92 Å². The third-order valence-electron chi connectivity index (χ3n) is 6.86. The number of hydrogen-bond donors (Lipinski definition) is 2. The number of carboxylic acid groups (broad SMARTS) is 1. The van der Waals surface area contributed by atoms with E-state index in [1.54, 1.807) is 18.0 Å². The van der Waals surface area contributed by atoms with Gasteiger partial charge in [0.15, 0.2) is 0 Å². The van der Waals surface area contributed by atoms with Crippen LogP contribution in [0.1, 0.15) is 82.1 Å². The van der Waals surface area contributed by atoms with Gasteiger partial charge in [-0.2, -0.15) is 0 Å². The lowest BCUT2D eigenvalue weighted by Crippen LogP contribution is -2.64. The van der Waals surface area contributed by atoms with Crippen molar-refractivity contribution in [3.8, 4) is 0 Å². The first-order chi connectivity index (χ1) is 14.9. The number of carbonyl (C=O) groups is 3. The van der Waals surface area contributed by atoms with Crippen LogP contribution in [0.15, 0.2) is 11.6 Å². The van der Waals surface area contributed by atoms with Crippen LogP contribution in [0.3, 0.4) is 0 Å². The standard InChI is InChI=1S/C26H47N3O4/c1-16(2)19(15-18(5)24(32)33)28(11)23(31)20(25(6,7)8)27-22(30)21-26(9,10)13-12-14-29(21)17(3)4/h15-17,19-21H,12-14H2,1-11H3,(H,27,30)(H,32,33)/b18-15+/t19-,20-,21+/m1/s1. The minimum atomic E-state index is -1.00. The summed E-state index contributed by atoms with van der Waals surface area (Å²) in [5.74, 6) is -1.32. The maximum atomic E-state index is 13.7. The lowest BCUT2D eigenvalue weighted by atomic mass is 9.75. The number of carboxylic acids is 1. The molecule has 0 aliphatic carbocycles. The molecule has 1 fully saturated rings. The van der Waals surface area contributed by atoms with E-state index in [9.17, 15) is 19.5 Å². The molecule has 1 saturated heterocycles. The minimum absolute atomic E-state index is 0.0123. The van der Waals surface area contributed by atoms with Gasteiger partial charge in [0.25, 0.3) is 0 Å². The van der Waals surface area contributed by atoms with Gasteiger partial charge in [-0.3, -0.25) is 14.5 Å². The highest BCUT2D eigenvalue weighted by molar-refractivity contribution is 5.91. The number of nitrogens with one attached hydrogen (secondary N) is 1. The molecule has 0 aromatic carbocycles. The molecule has 0 spiro atoms. The highest BCUT2D eigenvalue weighted by Crippen LogP contribution is 2.37. The number of carbonyl (C=O) groups excluding carboxylic acids is 2. The first-order valence-electron chi connectivity index (χ1n) is 12.2. The third-order valence-corrected chi connectivity index (χ3v) is 6.86. The van der Waals surface area contributed by atoms with E-state index in [4.69, 9.17) is 0 Å². The number of rotatable bonds is 8. The summed E-state index contributed by atoms with van der Waals surface area (Å²) < 4.78 is 0. The van der Waals surface area contributed by atoms with Gasteiger partial charge in [0, 0.05) is 18.7 Å². The molecule has 0 aromatic heterocycles. The van der Waals surface area contributed by atoms with Crippen molar-refractivity contribution in [2.45, 2.75) is 106 Å². The Kier molecular flexibility index (Phi) is 9.73. The molecule has 0 aromatic rings. The van der Waals surface area contributed by atoms with Crippen LogP contribution in [0.2, 0.25) is 0 Å². The van der Waals surface area contributed by atoms with Crippen molar-refractivity contribution < 1.29 is 19.5 Å². The zero-order valence-electron chi connectivity index (χ0n) is 22.7. The highest BCUT2D eigenvalue weighted by atomic mass is 16.4. The van der Waals surface area contributed by atoms with Crippen molar-refractivity contribution in [2.75, 3.05) is 13.6 Å². The molecule has 1 rings (SSSR count). The molecule has 7 heteroatoms. The van der Waals surface area contributed by atoms with Crippen LogP contribution in [-0.2, 0) is 14.4 Å². The average molecular weight is 466 g/mol. The van der Waals surface area contributed by atoms with E-state index >= 15 is 0 Å². The zero-order valence-corrected chi connectivity index (χ0v) is 22.7. The van der Waals surface area contributed by atoms with Crippen molar-refractivity contribution in [3.63, 3.8) is 0 Å². The topological polar surface area (TPSA) is 90.0 Å². The number of aliphatic carboxylic acids is 1. The van der Waals surface area contributed by atoms with Crippen LogP contribution < -0.4 is 5.32 Å². The van der Waals surface area contributed by atoms with Crippen LogP contribution in [0.5, 0.6) is 0 Å². The van der Waals surface area contributed by atoms with Gasteiger partial charge >= 0.3 is 5.97 Å². The Morgan fingerprint density at radius 3 is 2.12 bits per heavy atom. The monoisotopic (exact) mass is 465 g/mol. The molecule has 1 aliphatic rings. The fourth-order valence-electron chi connectivity index (χ4n) is 4.79. The SMILES string of the molecule is C/C(=C\[C@H](C(C)C)N(C)C(=O)[C@@H](NC(=O)[C@@H]1N(C(C)C)CCCC1(C)C)C(C)(C)C)C(=O)O. The second-order valence-electron chi connectivity index (χ2n) is 12.0. The molecule has 7 nitrogen and oxygen atoms in total. The summed E-state index contributed by atoms with van der Waals surface area (Å²) in [5.41, 5.74) is -0.525. The lowest BCUT2D eigenvalue weighted by molar-refractivity contribution is -0.144. The molecule has 2 N–H and O–H groups in total. The van der Waals surface area contributed by atoms with Gasteiger partial charge in [-0.1, -0.05) is 54.5 Å². The number of likely N-dealkylation sites (tertiary alicyclic amines) is 1. The van der Waals surface area contributed by atoms with Crippen molar-refractivity contribution in [3.05, 3.63) is 11.6 Å². The summed E-state index contributed by atoms with van der Waals surface area (Å²) >= 11 is 0. The largest absolute Gasteiger partial charge is 0.478 e. The van der Waals surface area contributed by atoms with E-state index in [1.807, 2.05) is 34.6 Å². The lowest BCUT2D eigenvalue weighted by Gasteiger charge is -2.48. The number of amides is 2. The number of hydrogen-bond acceptors (Lipinski definition) is 4. The molecular weight excluding hydrogens is 418 g/mol. The zero-order chi connectivity index (χ0) is 25.9. The summed E-state index contributed by atoms with van der Waals surface area (Å²) in [5, 5.41) is 12.4. The van der Waals surface area contributed by atoms with Gasteiger partial charge in [-0.05, 0) is 56.9 Å². The molecule has 33 heavy (non-hydrogen) atoms. The van der Waals surface area contributed by atoms with Crippen LogP contribution >= 0.6 is 0 Å². The molecular formula is C26H47N3O4. The van der Waals surface area contributed by atoms with E-state index in [0.717, 1.165) is 19.4 Å². The summed E-state index contributed by atoms with van der Waals surface area (Å²) in [6.07, 6.45) is 3.62. The van der Waals surface area contributed by atoms with Gasteiger partial charge in [0.2, 0.25) is 11.8 Å². The van der Waals surface area contributed by atoms with Gasteiger partial charge in [-0.25, -0.2) is 4.79 Å². The fraction of sp³-hybridized carbons (Fsp3) is 0.808. The van der Waals surface area contributed by atoms with E-state index in [0.29, 0.717) is 0 Å². The molecule has 0 unspecified atom stereocenters. The number of likely N-dealkylation sites (N-methyl/N-ethyl adjacent to an activating group) is 1. The van der Waals surface area contributed by atoms with Crippen molar-refractivity contribution >= 4 is 17.8 Å². The Labute approximate surface area is 201 Å². The van der Waals surface area contributed by atoms with Gasteiger partial charge < -0.3 is 15.3 Å². The van der Waals surface area contributed by atoms with Crippen LogP contribution in [0.4, 0.5) is 0 Å². The Morgan fingerprint density at radius 2 is 1.70 bits per heavy atom. The number of piperidine rings is 1. The van der Waals surface area contributed by atoms with Gasteiger partial charge in [0.05, 0.1) is 12.1 Å². The van der Waals surface area contributed by atoms with Gasteiger partial charge in [-0.15, -0.1) is 0 Å². The fourth-order valence-corrected chi connectivity index (χ4v) is 4.79. The molecule has 1 aliphatic heterocycles. The average Bonchev–Trinajstić information content (AvgIpc) is 2.66. The highest BCUT2D eigenvalue weighted by Gasteiger charge is 2.45. The third kappa shape index (κ3) is 7.29. The van der Waals surface area contributed by atoms with E-state index in [-0.39, 0.29) is 40.8 Å². The van der Waals surface area contributed by atoms with Gasteiger partial charge in [0.1, 0.15) is 6.04 Å². The smallest absolute Gasteiger partial charge is 0.331 e. The van der Waals surface area contributed by atoms with E-state index in [2.05, 4.69) is 37.9 Å². The molecule has 0 radical (unpaired) electrons. The number of nitrogens with zero attached hydrogens (tertiary/aromatic N) is 2. The van der Waals surface area contributed by atoms with Crippen LogP contribution in [-0.4, -0.2) is 70.4 Å². The predicted octanol–water partition coefficient (Wildman–Crippen LogP) is 3.93. The maximum absolute atomic E-state index is 13.7. The Morgan fingerprint density at radius 1 is 1.15 bits per heavy atom. The molecule has 2 amide bonds. The van der Waals surface area contributed by atoms with Crippen LogP contribution in [0.25, 0.3) is 0 Å². The Balaban J connectivity index is 3.29. The maximum Gasteiger partial charge on any atom is 0.331 e. The Hall–Kier alpha value is -1.89. The predicted molar refractivity (Wildman–Crippen MR) is 133 cm³/mol. The molecule has 3 atom stereocenters. The normalized spacial score (nSPS) is 21.6. The quantitative estimate of drug-likeness (QED) is 0.530. The van der Waals surface area contributed by atoms with Crippen molar-refractivity contribution in [1.82, 2.24) is 15.1 Å². The first-order valence-corrected chi connectivity index (χ1v) is 12.2.